The summed E-state index contributed by atoms with van der Waals surface area (Å²) in [4.78, 5) is 24.1. The van der Waals surface area contributed by atoms with E-state index in [9.17, 15) is 9.59 Å². The van der Waals surface area contributed by atoms with Crippen molar-refractivity contribution in [2.75, 3.05) is 0 Å². The molecule has 22 heavy (non-hydrogen) atoms. The summed E-state index contributed by atoms with van der Waals surface area (Å²) < 4.78 is 6.70. The normalized spacial score (nSPS) is 11.1. The lowest BCUT2D eigenvalue weighted by molar-refractivity contribution is 0.101. The van der Waals surface area contributed by atoms with Crippen molar-refractivity contribution < 1.29 is 14.0 Å². The van der Waals surface area contributed by atoms with E-state index in [1.165, 1.54) is 11.3 Å². The van der Waals surface area contributed by atoms with Crippen LogP contribution in [0.2, 0.25) is 0 Å². The van der Waals surface area contributed by atoms with Crippen LogP contribution in [0.5, 0.6) is 0 Å². The molecule has 0 fully saturated rings. The third kappa shape index (κ3) is 2.05. The van der Waals surface area contributed by atoms with Gasteiger partial charge in [0.15, 0.2) is 5.76 Å². The van der Waals surface area contributed by atoms with Gasteiger partial charge in [-0.3, -0.25) is 9.59 Å². The third-order valence-electron chi connectivity index (χ3n) is 3.55. The highest BCUT2D eigenvalue weighted by atomic mass is 32.1. The molecule has 0 aliphatic heterocycles. The molecule has 0 amide bonds. The van der Waals surface area contributed by atoms with E-state index >= 15 is 0 Å². The number of ketones is 1. The predicted octanol–water partition coefficient (Wildman–Crippen LogP) is 4.69. The molecule has 0 spiro atoms. The molecule has 0 N–H and O–H groups in total. The Morgan fingerprint density at radius 2 is 1.86 bits per heavy atom. The molecule has 0 bridgehead atoms. The number of hydrogen-bond donors (Lipinski definition) is 0. The van der Waals surface area contributed by atoms with Crippen molar-refractivity contribution in [2.45, 2.75) is 0 Å². The molecule has 4 aromatic rings. The third-order valence-corrected chi connectivity index (χ3v) is 4.66. The van der Waals surface area contributed by atoms with E-state index in [1.807, 2.05) is 30.3 Å². The van der Waals surface area contributed by atoms with Crippen molar-refractivity contribution in [1.82, 2.24) is 0 Å². The highest BCUT2D eigenvalue weighted by Gasteiger charge is 2.17. The second kappa shape index (κ2) is 4.93. The first-order valence-corrected chi connectivity index (χ1v) is 7.58. The summed E-state index contributed by atoms with van der Waals surface area (Å²) in [6.45, 7) is 0. The Bertz CT molecular complexity index is 990. The topological polar surface area (TPSA) is 47.3 Å². The van der Waals surface area contributed by atoms with Crippen LogP contribution in [-0.4, -0.2) is 12.1 Å². The minimum Gasteiger partial charge on any atom is -0.453 e. The first kappa shape index (κ1) is 13.0. The summed E-state index contributed by atoms with van der Waals surface area (Å²) in [5.74, 6) is 0.162. The van der Waals surface area contributed by atoms with E-state index in [0.29, 0.717) is 21.8 Å². The second-order valence-electron chi connectivity index (χ2n) is 5.00. The maximum Gasteiger partial charge on any atom is 0.238 e. The molecule has 3 nitrogen and oxygen atoms in total. The number of carbonyl (C=O) groups excluding carboxylic acids is 2. The number of aldehydes is 1. The van der Waals surface area contributed by atoms with Crippen LogP contribution in [-0.2, 0) is 0 Å². The molecular formula is C18H10O3S. The molecule has 0 saturated heterocycles. The molecule has 0 unspecified atom stereocenters. The minimum absolute atomic E-state index is 0.134. The van der Waals surface area contributed by atoms with Crippen LogP contribution in [0.3, 0.4) is 0 Å². The molecule has 4 rings (SSSR count). The van der Waals surface area contributed by atoms with Gasteiger partial charge in [0.1, 0.15) is 11.9 Å². The molecule has 4 heteroatoms. The Morgan fingerprint density at radius 3 is 2.68 bits per heavy atom. The highest BCUT2D eigenvalue weighted by Crippen LogP contribution is 2.29. The molecule has 0 radical (unpaired) electrons. The second-order valence-corrected chi connectivity index (χ2v) is 6.09. The summed E-state index contributed by atoms with van der Waals surface area (Å²) in [6, 6.07) is 16.5. The Kier molecular flexibility index (Phi) is 2.91. The number of furan rings is 1. The van der Waals surface area contributed by atoms with Gasteiger partial charge in [-0.25, -0.2) is 0 Å². The van der Waals surface area contributed by atoms with Crippen molar-refractivity contribution in [3.05, 3.63) is 70.8 Å². The molecule has 2 heterocycles. The van der Waals surface area contributed by atoms with E-state index in [2.05, 4.69) is 0 Å². The van der Waals surface area contributed by atoms with E-state index in [1.54, 1.807) is 24.3 Å². The zero-order chi connectivity index (χ0) is 15.1. The van der Waals surface area contributed by atoms with Crippen LogP contribution in [0.1, 0.15) is 25.8 Å². The quantitative estimate of drug-likeness (QED) is 0.407. The lowest BCUT2D eigenvalue weighted by Gasteiger charge is -1.90. The Labute approximate surface area is 129 Å². The summed E-state index contributed by atoms with van der Waals surface area (Å²) in [5, 5.41) is 1.81. The monoisotopic (exact) mass is 306 g/mol. The molecule has 2 aromatic carbocycles. The summed E-state index contributed by atoms with van der Waals surface area (Å²) >= 11 is 1.45. The lowest BCUT2D eigenvalue weighted by Crippen LogP contribution is -1.95. The number of thiophene rings is 1. The fraction of sp³-hybridized carbons (Fsp3) is 0. The van der Waals surface area contributed by atoms with Gasteiger partial charge in [0.25, 0.3) is 0 Å². The number of hydrogen-bond acceptors (Lipinski definition) is 4. The minimum atomic E-state index is -0.134. The van der Waals surface area contributed by atoms with Gasteiger partial charge in [0.2, 0.25) is 5.78 Å². The van der Waals surface area contributed by atoms with E-state index in [-0.39, 0.29) is 5.78 Å². The number of rotatable bonds is 3. The smallest absolute Gasteiger partial charge is 0.238 e. The first-order chi connectivity index (χ1) is 10.7. The van der Waals surface area contributed by atoms with Crippen LogP contribution in [0.4, 0.5) is 0 Å². The molecule has 0 saturated carbocycles. The molecular weight excluding hydrogens is 296 g/mol. The van der Waals surface area contributed by atoms with Crippen LogP contribution < -0.4 is 0 Å². The van der Waals surface area contributed by atoms with E-state index in [4.69, 9.17) is 4.42 Å². The zero-order valence-corrected chi connectivity index (χ0v) is 12.2. The highest BCUT2D eigenvalue weighted by molar-refractivity contribution is 7.21. The molecule has 106 valence electrons. The first-order valence-electron chi connectivity index (χ1n) is 6.77. The van der Waals surface area contributed by atoms with Gasteiger partial charge >= 0.3 is 0 Å². The van der Waals surface area contributed by atoms with Gasteiger partial charge < -0.3 is 4.42 Å². The average Bonchev–Trinajstić information content (AvgIpc) is 3.16. The van der Waals surface area contributed by atoms with Crippen LogP contribution in [0.25, 0.3) is 21.1 Å². The Hall–Kier alpha value is -2.72. The summed E-state index contributed by atoms with van der Waals surface area (Å²) in [6.07, 6.45) is 0.778. The van der Waals surface area contributed by atoms with Crippen molar-refractivity contribution in [3.8, 4) is 0 Å². The van der Waals surface area contributed by atoms with Crippen LogP contribution in [0, 0.1) is 0 Å². The van der Waals surface area contributed by atoms with Crippen molar-refractivity contribution in [3.63, 3.8) is 0 Å². The molecule has 0 atom stereocenters. The largest absolute Gasteiger partial charge is 0.453 e. The maximum atomic E-state index is 12.6. The zero-order valence-electron chi connectivity index (χ0n) is 11.4. The maximum absolute atomic E-state index is 12.6. The number of carbonyl (C=O) groups is 2. The van der Waals surface area contributed by atoms with Crippen LogP contribution >= 0.6 is 11.3 Å². The van der Waals surface area contributed by atoms with Gasteiger partial charge in [-0.15, -0.1) is 11.3 Å². The predicted molar refractivity (Wildman–Crippen MR) is 86.9 cm³/mol. The van der Waals surface area contributed by atoms with Crippen molar-refractivity contribution in [2.24, 2.45) is 0 Å². The number of benzene rings is 2. The van der Waals surface area contributed by atoms with E-state index < -0.39 is 0 Å². The van der Waals surface area contributed by atoms with Crippen molar-refractivity contribution >= 4 is 44.5 Å². The molecule has 2 aromatic heterocycles. The van der Waals surface area contributed by atoms with Gasteiger partial charge in [0.05, 0.1) is 4.88 Å². The standard InChI is InChI=1S/C18H10O3S/c19-10-11-5-6-14-13(7-11)8-15(21-14)18(20)17-9-12-3-1-2-4-16(12)22-17/h1-10H. The Balaban J connectivity index is 1.79. The van der Waals surface area contributed by atoms with Gasteiger partial charge in [-0.05, 0) is 41.8 Å². The van der Waals surface area contributed by atoms with Gasteiger partial charge in [-0.1, -0.05) is 18.2 Å². The lowest BCUT2D eigenvalue weighted by atomic mass is 10.1. The Morgan fingerprint density at radius 1 is 1.00 bits per heavy atom. The fourth-order valence-electron chi connectivity index (χ4n) is 2.46. The molecule has 0 aliphatic rings. The van der Waals surface area contributed by atoms with Crippen molar-refractivity contribution in [1.29, 1.82) is 0 Å². The fourth-order valence-corrected chi connectivity index (χ4v) is 3.47. The van der Waals surface area contributed by atoms with Gasteiger partial charge in [-0.2, -0.15) is 0 Å². The number of fused-ring (bicyclic) bond motifs is 2. The van der Waals surface area contributed by atoms with E-state index in [0.717, 1.165) is 21.8 Å². The summed E-state index contributed by atoms with van der Waals surface area (Å²) in [7, 11) is 0. The van der Waals surface area contributed by atoms with Crippen LogP contribution in [0.15, 0.2) is 59.0 Å². The SMILES string of the molecule is O=Cc1ccc2oc(C(=O)c3cc4ccccc4s3)cc2c1. The average molecular weight is 306 g/mol. The molecule has 0 aliphatic carbocycles. The summed E-state index contributed by atoms with van der Waals surface area (Å²) in [5.41, 5.74) is 1.17. The van der Waals surface area contributed by atoms with Gasteiger partial charge in [0, 0.05) is 15.6 Å².